The van der Waals surface area contributed by atoms with Crippen molar-refractivity contribution in [3.63, 3.8) is 0 Å². The third-order valence-electron chi connectivity index (χ3n) is 4.89. The van der Waals surface area contributed by atoms with Crippen molar-refractivity contribution in [2.45, 2.75) is 6.42 Å². The molecule has 1 aromatic heterocycles. The van der Waals surface area contributed by atoms with Gasteiger partial charge in [0.15, 0.2) is 16.6 Å². The third kappa shape index (κ3) is 6.05. The first-order valence-corrected chi connectivity index (χ1v) is 11.1. The number of methoxy groups -OCH3 is 2. The number of nitrogens with zero attached hydrogens (tertiary/aromatic N) is 4. The normalized spacial score (nSPS) is 11.3. The number of fused-ring (bicyclic) bond motifs is 1. The zero-order valence-corrected chi connectivity index (χ0v) is 19.8. The summed E-state index contributed by atoms with van der Waals surface area (Å²) in [5.41, 5.74) is 1.42. The second-order valence-electron chi connectivity index (χ2n) is 7.50. The van der Waals surface area contributed by atoms with Gasteiger partial charge in [-0.05, 0) is 50.8 Å². The molecule has 3 rings (SSSR count). The summed E-state index contributed by atoms with van der Waals surface area (Å²) >= 11 is 1.40. The lowest BCUT2D eigenvalue weighted by atomic mass is 10.2. The Labute approximate surface area is 196 Å². The van der Waals surface area contributed by atoms with Gasteiger partial charge in [0.05, 0.1) is 29.4 Å². The molecule has 0 saturated carbocycles. The van der Waals surface area contributed by atoms with Crippen LogP contribution in [0.25, 0.3) is 16.3 Å². The molecule has 0 atom stereocenters. The van der Waals surface area contributed by atoms with Crippen molar-refractivity contribution in [3.8, 4) is 11.5 Å². The Morgan fingerprint density at radius 2 is 1.79 bits per heavy atom. The molecule has 1 heterocycles. The molecular weight excluding hydrogens is 444 g/mol. The molecule has 0 fully saturated rings. The Balaban J connectivity index is 1.88. The van der Waals surface area contributed by atoms with E-state index in [0.29, 0.717) is 28.7 Å². The van der Waals surface area contributed by atoms with Crippen LogP contribution in [0.15, 0.2) is 42.5 Å². The fourth-order valence-electron chi connectivity index (χ4n) is 3.17. The Hall–Kier alpha value is -3.50. The number of nitro benzene ring substituents is 1. The molecule has 33 heavy (non-hydrogen) atoms. The summed E-state index contributed by atoms with van der Waals surface area (Å²) in [6.07, 6.45) is 3.88. The summed E-state index contributed by atoms with van der Waals surface area (Å²) in [5.74, 6) is 0.958. The van der Waals surface area contributed by atoms with Gasteiger partial charge in [0, 0.05) is 36.9 Å². The van der Waals surface area contributed by atoms with E-state index in [4.69, 9.17) is 9.47 Å². The van der Waals surface area contributed by atoms with Gasteiger partial charge in [-0.1, -0.05) is 11.3 Å². The number of hydrogen-bond acceptors (Lipinski definition) is 8. The number of ether oxygens (including phenoxy) is 2. The van der Waals surface area contributed by atoms with Crippen LogP contribution in [0, 0.1) is 10.1 Å². The second-order valence-corrected chi connectivity index (χ2v) is 8.51. The largest absolute Gasteiger partial charge is 0.493 e. The average Bonchev–Trinajstić information content (AvgIpc) is 3.21. The molecule has 0 spiro atoms. The van der Waals surface area contributed by atoms with Crippen LogP contribution < -0.4 is 14.4 Å². The van der Waals surface area contributed by atoms with E-state index in [1.54, 1.807) is 43.4 Å². The van der Waals surface area contributed by atoms with Gasteiger partial charge in [0.2, 0.25) is 0 Å². The fourth-order valence-corrected chi connectivity index (χ4v) is 4.18. The average molecular weight is 471 g/mol. The lowest BCUT2D eigenvalue weighted by Gasteiger charge is -2.19. The Morgan fingerprint density at radius 1 is 1.12 bits per heavy atom. The first kappa shape index (κ1) is 24.1. The van der Waals surface area contributed by atoms with E-state index in [1.807, 2.05) is 20.2 Å². The number of carbonyl (C=O) groups is 1. The highest BCUT2D eigenvalue weighted by Crippen LogP contribution is 2.37. The predicted molar refractivity (Wildman–Crippen MR) is 130 cm³/mol. The Kier molecular flexibility index (Phi) is 7.96. The summed E-state index contributed by atoms with van der Waals surface area (Å²) in [4.78, 5) is 31.9. The topological polar surface area (TPSA) is 98.0 Å². The molecule has 0 aliphatic carbocycles. The molecule has 2 aromatic carbocycles. The first-order valence-electron chi connectivity index (χ1n) is 10.2. The van der Waals surface area contributed by atoms with E-state index < -0.39 is 4.92 Å². The lowest BCUT2D eigenvalue weighted by molar-refractivity contribution is -0.384. The van der Waals surface area contributed by atoms with Gasteiger partial charge in [0.1, 0.15) is 0 Å². The molecule has 0 aliphatic rings. The molecule has 174 valence electrons. The van der Waals surface area contributed by atoms with Crippen LogP contribution in [0.4, 0.5) is 10.8 Å². The lowest BCUT2D eigenvalue weighted by Crippen LogP contribution is -2.32. The number of rotatable bonds is 10. The van der Waals surface area contributed by atoms with Crippen LogP contribution >= 0.6 is 11.3 Å². The molecule has 0 aliphatic heterocycles. The van der Waals surface area contributed by atoms with Crippen molar-refractivity contribution in [1.82, 2.24) is 9.88 Å². The zero-order chi connectivity index (χ0) is 24.0. The second kappa shape index (κ2) is 10.9. The number of carbonyl (C=O) groups excluding carboxylic acids is 1. The standard InChI is InChI=1S/C23H26N4O5S/c1-25(2)12-5-13-26(22(28)11-8-16-6-9-17(10-7-16)27(29)30)23-24-18-14-19(31-3)20(32-4)15-21(18)33-23/h6-11,14-15H,5,12-13H2,1-4H3/b11-8-. The Morgan fingerprint density at radius 3 is 2.39 bits per heavy atom. The number of amides is 1. The first-order chi connectivity index (χ1) is 15.8. The van der Waals surface area contributed by atoms with Crippen LogP contribution in [-0.2, 0) is 4.79 Å². The minimum absolute atomic E-state index is 0.00382. The van der Waals surface area contributed by atoms with Gasteiger partial charge in [-0.3, -0.25) is 19.8 Å². The molecule has 0 bridgehead atoms. The van der Waals surface area contributed by atoms with Crippen LogP contribution in [0.1, 0.15) is 12.0 Å². The van der Waals surface area contributed by atoms with Gasteiger partial charge >= 0.3 is 0 Å². The van der Waals surface area contributed by atoms with Crippen molar-refractivity contribution in [1.29, 1.82) is 0 Å². The molecule has 0 unspecified atom stereocenters. The van der Waals surface area contributed by atoms with E-state index in [2.05, 4.69) is 9.88 Å². The van der Waals surface area contributed by atoms with Crippen LogP contribution in [-0.4, -0.2) is 62.1 Å². The number of nitro groups is 1. The fraction of sp³-hybridized carbons (Fsp3) is 0.304. The minimum atomic E-state index is -0.456. The number of benzene rings is 2. The van der Waals surface area contributed by atoms with Gasteiger partial charge in [-0.25, -0.2) is 4.98 Å². The molecule has 9 nitrogen and oxygen atoms in total. The highest BCUT2D eigenvalue weighted by Gasteiger charge is 2.19. The van der Waals surface area contributed by atoms with Crippen molar-refractivity contribution >= 4 is 44.4 Å². The maximum Gasteiger partial charge on any atom is 0.269 e. The quantitative estimate of drug-likeness (QED) is 0.249. The Bertz CT molecular complexity index is 1120. The highest BCUT2D eigenvalue weighted by atomic mass is 32.1. The monoisotopic (exact) mass is 470 g/mol. The molecule has 10 heteroatoms. The molecule has 1 amide bonds. The summed E-state index contributed by atoms with van der Waals surface area (Å²) in [5, 5.41) is 11.4. The smallest absolute Gasteiger partial charge is 0.269 e. The highest BCUT2D eigenvalue weighted by molar-refractivity contribution is 7.22. The van der Waals surface area contributed by atoms with E-state index >= 15 is 0 Å². The maximum absolute atomic E-state index is 13.1. The number of thiazole rings is 1. The SMILES string of the molecule is COc1cc2nc(N(CCCN(C)C)C(=O)/C=C\c3ccc([N+](=O)[O-])cc3)sc2cc1OC. The molecular formula is C23H26N4O5S. The number of hydrogen-bond donors (Lipinski definition) is 0. The number of anilines is 1. The van der Waals surface area contributed by atoms with Gasteiger partial charge in [-0.15, -0.1) is 0 Å². The maximum atomic E-state index is 13.1. The van der Waals surface area contributed by atoms with E-state index in [9.17, 15) is 14.9 Å². The molecule has 0 saturated heterocycles. The van der Waals surface area contributed by atoms with Crippen molar-refractivity contribution in [2.24, 2.45) is 0 Å². The van der Waals surface area contributed by atoms with E-state index in [0.717, 1.165) is 23.2 Å². The zero-order valence-electron chi connectivity index (χ0n) is 19.0. The van der Waals surface area contributed by atoms with Crippen molar-refractivity contribution in [3.05, 3.63) is 58.2 Å². The summed E-state index contributed by atoms with van der Waals surface area (Å²) < 4.78 is 11.6. The minimum Gasteiger partial charge on any atom is -0.493 e. The third-order valence-corrected chi connectivity index (χ3v) is 5.93. The summed E-state index contributed by atoms with van der Waals surface area (Å²) in [6, 6.07) is 9.68. The van der Waals surface area contributed by atoms with Gasteiger partial charge < -0.3 is 14.4 Å². The number of aromatic nitrogens is 1. The van der Waals surface area contributed by atoms with Crippen molar-refractivity contribution < 1.29 is 19.2 Å². The molecule has 0 radical (unpaired) electrons. The van der Waals surface area contributed by atoms with Crippen LogP contribution in [0.3, 0.4) is 0 Å². The van der Waals surface area contributed by atoms with Gasteiger partial charge in [0.25, 0.3) is 11.6 Å². The predicted octanol–water partition coefficient (Wildman–Crippen LogP) is 4.22. The van der Waals surface area contributed by atoms with Crippen molar-refractivity contribution in [2.75, 3.05) is 46.3 Å². The number of non-ortho nitro benzene ring substituents is 1. The van der Waals surface area contributed by atoms with E-state index in [-0.39, 0.29) is 11.6 Å². The molecule has 3 aromatic rings. The van der Waals surface area contributed by atoms with Gasteiger partial charge in [-0.2, -0.15) is 0 Å². The molecule has 0 N–H and O–H groups in total. The summed E-state index contributed by atoms with van der Waals surface area (Å²) in [6.45, 7) is 1.32. The van der Waals surface area contributed by atoms with Crippen LogP contribution in [0.5, 0.6) is 11.5 Å². The van der Waals surface area contributed by atoms with Crippen LogP contribution in [0.2, 0.25) is 0 Å². The summed E-state index contributed by atoms with van der Waals surface area (Å²) in [7, 11) is 7.11. The van der Waals surface area contributed by atoms with E-state index in [1.165, 1.54) is 29.5 Å².